The first-order valence-electron chi connectivity index (χ1n) is 16.0. The van der Waals surface area contributed by atoms with Gasteiger partial charge in [-0.15, -0.1) is 0 Å². The zero-order valence-corrected chi connectivity index (χ0v) is 28.4. The summed E-state index contributed by atoms with van der Waals surface area (Å²) in [5, 5.41) is 15.0. The monoisotopic (exact) mass is 721 g/mol. The standard InChI is InChI=1S/C40H28BrN5O2S/c41-30-18-21-37-32(23-30)36-25-34(28-12-6-2-7-13-28)44-46(36)40(48-37)38(49-39(47)42-40)22-26-16-19-31(20-17-26)45-35(29-14-8-3-9-15-29)24-33(43-45)27-10-4-1-5-11-27/h1-24,36H,25H2,(H,42,47)/b38-22-. The molecule has 9 rings (SSSR count). The largest absolute Gasteiger partial charge is 0.444 e. The molecule has 5 aromatic carbocycles. The number of hydrazone groups is 1. The van der Waals surface area contributed by atoms with E-state index in [1.54, 1.807) is 0 Å². The minimum atomic E-state index is -1.28. The van der Waals surface area contributed by atoms with Crippen LogP contribution in [0.1, 0.15) is 29.2 Å². The number of ether oxygens (including phenoxy) is 1. The van der Waals surface area contributed by atoms with E-state index in [-0.39, 0.29) is 11.3 Å². The highest BCUT2D eigenvalue weighted by Crippen LogP contribution is 2.53. The molecule has 7 nitrogen and oxygen atoms in total. The van der Waals surface area contributed by atoms with Crippen LogP contribution in [0.2, 0.25) is 0 Å². The average Bonchev–Trinajstić information content (AvgIpc) is 3.87. The second-order valence-corrected chi connectivity index (χ2v) is 14.0. The maximum absolute atomic E-state index is 13.2. The third kappa shape index (κ3) is 5.26. The number of thioether (sulfide) groups is 1. The van der Waals surface area contributed by atoms with Gasteiger partial charge in [0.1, 0.15) is 5.75 Å². The van der Waals surface area contributed by atoms with Crippen LogP contribution >= 0.6 is 27.7 Å². The van der Waals surface area contributed by atoms with E-state index in [2.05, 4.69) is 81.9 Å². The second-order valence-electron chi connectivity index (χ2n) is 12.1. The molecule has 0 aliphatic carbocycles. The highest BCUT2D eigenvalue weighted by atomic mass is 79.9. The smallest absolute Gasteiger partial charge is 0.314 e. The van der Waals surface area contributed by atoms with Crippen LogP contribution < -0.4 is 10.1 Å². The third-order valence-corrected chi connectivity index (χ3v) is 10.4. The number of halogens is 1. The molecule has 6 aromatic rings. The zero-order chi connectivity index (χ0) is 33.0. The van der Waals surface area contributed by atoms with Gasteiger partial charge in [0.05, 0.1) is 33.7 Å². The van der Waals surface area contributed by atoms with Gasteiger partial charge in [-0.25, -0.2) is 9.69 Å². The van der Waals surface area contributed by atoms with E-state index in [1.807, 2.05) is 94.6 Å². The maximum atomic E-state index is 13.2. The molecule has 238 valence electrons. The molecule has 9 heteroatoms. The van der Waals surface area contributed by atoms with Crippen molar-refractivity contribution in [3.05, 3.63) is 166 Å². The number of nitrogens with zero attached hydrogens (tertiary/aromatic N) is 4. The minimum absolute atomic E-state index is 0.128. The molecule has 1 amide bonds. The Morgan fingerprint density at radius 3 is 2.20 bits per heavy atom. The van der Waals surface area contributed by atoms with E-state index < -0.39 is 5.85 Å². The summed E-state index contributed by atoms with van der Waals surface area (Å²) in [7, 11) is 0. The molecule has 0 bridgehead atoms. The number of carbonyl (C=O) groups excluding carboxylic acids is 1. The average molecular weight is 723 g/mol. The summed E-state index contributed by atoms with van der Waals surface area (Å²) in [4.78, 5) is 13.9. The summed E-state index contributed by atoms with van der Waals surface area (Å²) in [6, 6.07) is 46.9. The molecule has 1 saturated heterocycles. The summed E-state index contributed by atoms with van der Waals surface area (Å²) in [5.41, 5.74) is 8.90. The SMILES string of the molecule is O=C1NC2(Oc3ccc(Br)cc3C3CC(c4ccccc4)=NN32)/C(=C/c2ccc(-n3nc(-c4ccccc4)cc3-c3ccccc3)cc2)S1. The van der Waals surface area contributed by atoms with Crippen LogP contribution in [-0.2, 0) is 0 Å². The molecule has 2 atom stereocenters. The molecular formula is C40H28BrN5O2S. The van der Waals surface area contributed by atoms with Crippen molar-refractivity contribution in [1.82, 2.24) is 20.1 Å². The molecule has 3 aliphatic heterocycles. The zero-order valence-electron chi connectivity index (χ0n) is 26.0. The normalized spacial score (nSPS) is 20.1. The number of rotatable bonds is 5. The number of benzene rings is 5. The van der Waals surface area contributed by atoms with Crippen molar-refractivity contribution in [3.8, 4) is 34.0 Å². The van der Waals surface area contributed by atoms with Crippen LogP contribution in [-0.4, -0.2) is 31.6 Å². The van der Waals surface area contributed by atoms with Gasteiger partial charge in [0.25, 0.3) is 5.24 Å². The number of fused-ring (bicyclic) bond motifs is 4. The van der Waals surface area contributed by atoms with Crippen molar-refractivity contribution in [2.24, 2.45) is 5.10 Å². The van der Waals surface area contributed by atoms with E-state index in [4.69, 9.17) is 14.9 Å². The fourth-order valence-corrected chi connectivity index (χ4v) is 7.99. The number of nitrogens with one attached hydrogen (secondary N) is 1. The van der Waals surface area contributed by atoms with Gasteiger partial charge in [0, 0.05) is 27.6 Å². The van der Waals surface area contributed by atoms with Crippen molar-refractivity contribution < 1.29 is 9.53 Å². The van der Waals surface area contributed by atoms with Gasteiger partial charge in [-0.05, 0) is 65.4 Å². The van der Waals surface area contributed by atoms with Crippen LogP contribution in [0.5, 0.6) is 5.75 Å². The number of carbonyl (C=O) groups is 1. The highest BCUT2D eigenvalue weighted by molar-refractivity contribution is 9.10. The van der Waals surface area contributed by atoms with Gasteiger partial charge in [-0.1, -0.05) is 119 Å². The predicted molar refractivity (Wildman–Crippen MR) is 198 cm³/mol. The lowest BCUT2D eigenvalue weighted by Crippen LogP contribution is -2.61. The molecule has 4 heterocycles. The Balaban J connectivity index is 1.11. The first-order valence-corrected chi connectivity index (χ1v) is 17.6. The second kappa shape index (κ2) is 11.9. The van der Waals surface area contributed by atoms with Gasteiger partial charge in [-0.2, -0.15) is 10.2 Å². The lowest BCUT2D eigenvalue weighted by Gasteiger charge is -2.45. The lowest BCUT2D eigenvalue weighted by molar-refractivity contribution is -0.0949. The third-order valence-electron chi connectivity index (χ3n) is 9.02. The predicted octanol–water partition coefficient (Wildman–Crippen LogP) is 9.66. The fourth-order valence-electron chi connectivity index (χ4n) is 6.70. The Labute approximate surface area is 296 Å². The first-order chi connectivity index (χ1) is 24.0. The van der Waals surface area contributed by atoms with E-state index in [0.717, 1.165) is 77.5 Å². The molecule has 1 fully saturated rings. The topological polar surface area (TPSA) is 71.8 Å². The van der Waals surface area contributed by atoms with Gasteiger partial charge >= 0.3 is 5.85 Å². The van der Waals surface area contributed by atoms with E-state index >= 15 is 0 Å². The lowest BCUT2D eigenvalue weighted by atomic mass is 9.95. The highest BCUT2D eigenvalue weighted by Gasteiger charge is 2.58. The summed E-state index contributed by atoms with van der Waals surface area (Å²) in [5.74, 6) is -0.561. The number of amides is 1. The number of hydrogen-bond donors (Lipinski definition) is 1. The van der Waals surface area contributed by atoms with Crippen LogP contribution in [0.15, 0.2) is 154 Å². The van der Waals surface area contributed by atoms with Crippen LogP contribution in [0.4, 0.5) is 4.79 Å². The van der Waals surface area contributed by atoms with Crippen LogP contribution in [0, 0.1) is 0 Å². The van der Waals surface area contributed by atoms with Crippen molar-refractivity contribution in [2.45, 2.75) is 18.3 Å². The molecule has 49 heavy (non-hydrogen) atoms. The van der Waals surface area contributed by atoms with Gasteiger partial charge in [-0.3, -0.25) is 10.1 Å². The molecular weight excluding hydrogens is 694 g/mol. The Kier molecular flexibility index (Phi) is 7.25. The summed E-state index contributed by atoms with van der Waals surface area (Å²) in [6.07, 6.45) is 2.69. The van der Waals surface area contributed by atoms with E-state index in [1.165, 1.54) is 0 Å². The van der Waals surface area contributed by atoms with Crippen LogP contribution in [0.25, 0.3) is 34.3 Å². The van der Waals surface area contributed by atoms with E-state index in [9.17, 15) is 4.79 Å². The molecule has 2 unspecified atom stereocenters. The fraction of sp³-hybridized carbons (Fsp3) is 0.0750. The molecule has 1 aromatic heterocycles. The quantitative estimate of drug-likeness (QED) is 0.192. The Morgan fingerprint density at radius 1 is 0.816 bits per heavy atom. The molecule has 0 radical (unpaired) electrons. The maximum Gasteiger partial charge on any atom is 0.314 e. The molecule has 0 saturated carbocycles. The summed E-state index contributed by atoms with van der Waals surface area (Å²) in [6.45, 7) is 0. The molecule has 1 N–H and O–H groups in total. The van der Waals surface area contributed by atoms with Gasteiger partial charge in [0.15, 0.2) is 0 Å². The van der Waals surface area contributed by atoms with Crippen molar-refractivity contribution in [3.63, 3.8) is 0 Å². The molecule has 3 aliphatic rings. The Morgan fingerprint density at radius 2 is 1.49 bits per heavy atom. The summed E-state index contributed by atoms with van der Waals surface area (Å²) >= 11 is 4.78. The Hall–Kier alpha value is -5.38. The van der Waals surface area contributed by atoms with Crippen LogP contribution in [0.3, 0.4) is 0 Å². The van der Waals surface area contributed by atoms with Crippen molar-refractivity contribution in [1.29, 1.82) is 0 Å². The van der Waals surface area contributed by atoms with Crippen molar-refractivity contribution in [2.75, 3.05) is 0 Å². The summed E-state index contributed by atoms with van der Waals surface area (Å²) < 4.78 is 9.70. The van der Waals surface area contributed by atoms with Crippen molar-refractivity contribution >= 4 is 44.7 Å². The first kappa shape index (κ1) is 29.7. The van der Waals surface area contributed by atoms with E-state index in [0.29, 0.717) is 6.42 Å². The molecule has 1 spiro atoms. The van der Waals surface area contributed by atoms with Gasteiger partial charge < -0.3 is 4.74 Å². The number of hydrogen-bond acceptors (Lipinski definition) is 6. The van der Waals surface area contributed by atoms with Gasteiger partial charge in [0.2, 0.25) is 0 Å². The Bertz CT molecular complexity index is 2270. The number of aromatic nitrogens is 2. The minimum Gasteiger partial charge on any atom is -0.444 e.